The molecule has 122 valence electrons. The third-order valence-corrected chi connectivity index (χ3v) is 3.40. The van der Waals surface area contributed by atoms with Gasteiger partial charge < -0.3 is 14.7 Å². The zero-order valence-electron chi connectivity index (χ0n) is 12.6. The SMILES string of the molecule is O=C(NCc1ccncc1)c1c[nH]c(=O)n(Cc2ccco2)c1=O. The molecule has 0 aromatic carbocycles. The number of nitrogens with zero attached hydrogens (tertiary/aromatic N) is 2. The number of aromatic nitrogens is 3. The number of amides is 1. The highest BCUT2D eigenvalue weighted by Crippen LogP contribution is 2.01. The fraction of sp³-hybridized carbons (Fsp3) is 0.125. The fourth-order valence-electron chi connectivity index (χ4n) is 2.15. The summed E-state index contributed by atoms with van der Waals surface area (Å²) in [6.07, 6.45) is 5.78. The molecule has 8 heteroatoms. The molecule has 3 aromatic rings. The summed E-state index contributed by atoms with van der Waals surface area (Å²) >= 11 is 0. The average Bonchev–Trinajstić information content (AvgIpc) is 3.11. The van der Waals surface area contributed by atoms with Crippen molar-refractivity contribution < 1.29 is 9.21 Å². The third kappa shape index (κ3) is 3.32. The molecule has 8 nitrogen and oxygen atoms in total. The van der Waals surface area contributed by atoms with Gasteiger partial charge in [0.2, 0.25) is 0 Å². The van der Waals surface area contributed by atoms with Crippen LogP contribution in [0.5, 0.6) is 0 Å². The molecule has 0 spiro atoms. The second-order valence-corrected chi connectivity index (χ2v) is 5.02. The van der Waals surface area contributed by atoms with Gasteiger partial charge in [0.1, 0.15) is 11.3 Å². The van der Waals surface area contributed by atoms with E-state index in [0.717, 1.165) is 16.3 Å². The lowest BCUT2D eigenvalue weighted by Crippen LogP contribution is -2.40. The molecule has 0 radical (unpaired) electrons. The zero-order chi connectivity index (χ0) is 16.9. The van der Waals surface area contributed by atoms with Crippen molar-refractivity contribution in [3.05, 3.63) is 86.8 Å². The molecule has 0 atom stereocenters. The van der Waals surface area contributed by atoms with Crippen LogP contribution in [0.1, 0.15) is 21.7 Å². The molecule has 0 bridgehead atoms. The Bertz CT molecular complexity index is 942. The van der Waals surface area contributed by atoms with E-state index in [2.05, 4.69) is 15.3 Å². The largest absolute Gasteiger partial charge is 0.467 e. The van der Waals surface area contributed by atoms with Gasteiger partial charge >= 0.3 is 5.69 Å². The first kappa shape index (κ1) is 15.5. The van der Waals surface area contributed by atoms with Gasteiger partial charge in [-0.25, -0.2) is 4.79 Å². The van der Waals surface area contributed by atoms with E-state index in [1.807, 2.05) is 0 Å². The van der Waals surface area contributed by atoms with Crippen LogP contribution < -0.4 is 16.6 Å². The second kappa shape index (κ2) is 6.78. The lowest BCUT2D eigenvalue weighted by molar-refractivity contribution is 0.0948. The maximum absolute atomic E-state index is 12.4. The Kier molecular flexibility index (Phi) is 4.37. The number of furan rings is 1. The first-order valence-electron chi connectivity index (χ1n) is 7.17. The predicted octanol–water partition coefficient (Wildman–Crippen LogP) is 0.503. The van der Waals surface area contributed by atoms with Crippen LogP contribution in [0.4, 0.5) is 0 Å². The van der Waals surface area contributed by atoms with Crippen LogP contribution in [0.2, 0.25) is 0 Å². The standard InChI is InChI=1S/C16H14N4O4/c21-14(18-8-11-3-5-17-6-4-11)13-9-19-16(23)20(15(13)22)10-12-2-1-7-24-12/h1-7,9H,8,10H2,(H,18,21)(H,19,23). The predicted molar refractivity (Wildman–Crippen MR) is 84.5 cm³/mol. The number of carbonyl (C=O) groups excluding carboxylic acids is 1. The molecule has 24 heavy (non-hydrogen) atoms. The van der Waals surface area contributed by atoms with Crippen LogP contribution in [0.15, 0.2) is 63.1 Å². The summed E-state index contributed by atoms with van der Waals surface area (Å²) in [7, 11) is 0. The maximum Gasteiger partial charge on any atom is 0.328 e. The van der Waals surface area contributed by atoms with Gasteiger partial charge in [-0.2, -0.15) is 0 Å². The summed E-state index contributed by atoms with van der Waals surface area (Å²) in [6.45, 7) is 0.199. The monoisotopic (exact) mass is 326 g/mol. The number of aromatic amines is 1. The van der Waals surface area contributed by atoms with Crippen LogP contribution in [-0.4, -0.2) is 20.4 Å². The van der Waals surface area contributed by atoms with Crippen LogP contribution in [0, 0.1) is 0 Å². The normalized spacial score (nSPS) is 10.5. The first-order valence-corrected chi connectivity index (χ1v) is 7.17. The van der Waals surface area contributed by atoms with E-state index < -0.39 is 17.2 Å². The van der Waals surface area contributed by atoms with E-state index in [0.29, 0.717) is 5.76 Å². The Morgan fingerprint density at radius 3 is 2.75 bits per heavy atom. The van der Waals surface area contributed by atoms with Gasteiger partial charge in [0.05, 0.1) is 12.8 Å². The molecule has 1 amide bonds. The van der Waals surface area contributed by atoms with Gasteiger partial charge in [-0.1, -0.05) is 0 Å². The molecule has 2 N–H and O–H groups in total. The van der Waals surface area contributed by atoms with Gasteiger partial charge in [0.25, 0.3) is 11.5 Å². The Balaban J connectivity index is 1.81. The molecule has 0 aliphatic carbocycles. The number of hydrogen-bond acceptors (Lipinski definition) is 5. The van der Waals surface area contributed by atoms with Gasteiger partial charge in [-0.3, -0.25) is 19.1 Å². The van der Waals surface area contributed by atoms with Gasteiger partial charge in [0, 0.05) is 25.1 Å². The number of H-pyrrole nitrogens is 1. The first-order chi connectivity index (χ1) is 11.6. The zero-order valence-corrected chi connectivity index (χ0v) is 12.6. The quantitative estimate of drug-likeness (QED) is 0.709. The van der Waals surface area contributed by atoms with Crippen molar-refractivity contribution >= 4 is 5.91 Å². The topological polar surface area (TPSA) is 110 Å². The maximum atomic E-state index is 12.4. The minimum Gasteiger partial charge on any atom is -0.467 e. The summed E-state index contributed by atoms with van der Waals surface area (Å²) in [5, 5.41) is 2.64. The van der Waals surface area contributed by atoms with Crippen LogP contribution in [0.25, 0.3) is 0 Å². The van der Waals surface area contributed by atoms with Crippen molar-refractivity contribution in [1.82, 2.24) is 19.9 Å². The van der Waals surface area contributed by atoms with Crippen LogP contribution >= 0.6 is 0 Å². The molecule has 0 saturated heterocycles. The van der Waals surface area contributed by atoms with Crippen molar-refractivity contribution in [2.45, 2.75) is 13.1 Å². The third-order valence-electron chi connectivity index (χ3n) is 3.40. The fourth-order valence-corrected chi connectivity index (χ4v) is 2.15. The van der Waals surface area contributed by atoms with E-state index in [1.54, 1.807) is 36.7 Å². The van der Waals surface area contributed by atoms with Crippen LogP contribution in [-0.2, 0) is 13.1 Å². The van der Waals surface area contributed by atoms with Gasteiger partial charge in [0.15, 0.2) is 0 Å². The minimum atomic E-state index is -0.678. The summed E-state index contributed by atoms with van der Waals surface area (Å²) in [5.41, 5.74) is -0.585. The Morgan fingerprint density at radius 2 is 2.04 bits per heavy atom. The summed E-state index contributed by atoms with van der Waals surface area (Å²) in [5.74, 6) is -0.127. The number of nitrogens with one attached hydrogen (secondary N) is 2. The number of pyridine rings is 1. The van der Waals surface area contributed by atoms with Gasteiger partial charge in [-0.05, 0) is 29.8 Å². The van der Waals surface area contributed by atoms with Crippen molar-refractivity contribution in [1.29, 1.82) is 0 Å². The molecule has 0 fully saturated rings. The highest BCUT2D eigenvalue weighted by Gasteiger charge is 2.15. The Labute approximate surface area is 135 Å². The van der Waals surface area contributed by atoms with E-state index in [-0.39, 0.29) is 18.7 Å². The second-order valence-electron chi connectivity index (χ2n) is 5.02. The molecule has 0 aliphatic heterocycles. The van der Waals surface area contributed by atoms with Crippen molar-refractivity contribution in [3.63, 3.8) is 0 Å². The Hall–Kier alpha value is -3.42. The summed E-state index contributed by atoms with van der Waals surface area (Å²) in [4.78, 5) is 42.7. The number of carbonyl (C=O) groups is 1. The van der Waals surface area contributed by atoms with Crippen molar-refractivity contribution in [2.75, 3.05) is 0 Å². The minimum absolute atomic E-state index is 0.0490. The molecule has 0 saturated carbocycles. The highest BCUT2D eigenvalue weighted by molar-refractivity contribution is 5.93. The van der Waals surface area contributed by atoms with E-state index in [1.165, 1.54) is 6.26 Å². The summed E-state index contributed by atoms with van der Waals surface area (Å²) in [6, 6.07) is 6.80. The molecule has 0 aliphatic rings. The van der Waals surface area contributed by atoms with E-state index in [9.17, 15) is 14.4 Å². The van der Waals surface area contributed by atoms with Crippen molar-refractivity contribution in [2.24, 2.45) is 0 Å². The number of rotatable bonds is 5. The van der Waals surface area contributed by atoms with Crippen molar-refractivity contribution in [3.8, 4) is 0 Å². The molecule has 3 heterocycles. The van der Waals surface area contributed by atoms with Gasteiger partial charge in [-0.15, -0.1) is 0 Å². The van der Waals surface area contributed by atoms with Crippen LogP contribution in [0.3, 0.4) is 0 Å². The smallest absolute Gasteiger partial charge is 0.328 e. The molecule has 0 unspecified atom stereocenters. The highest BCUT2D eigenvalue weighted by atomic mass is 16.3. The van der Waals surface area contributed by atoms with E-state index in [4.69, 9.17) is 4.42 Å². The number of hydrogen-bond donors (Lipinski definition) is 2. The Morgan fingerprint density at radius 1 is 1.25 bits per heavy atom. The molecule has 3 rings (SSSR count). The van der Waals surface area contributed by atoms with E-state index >= 15 is 0 Å². The molecular weight excluding hydrogens is 312 g/mol. The molecule has 3 aromatic heterocycles. The lowest BCUT2D eigenvalue weighted by atomic mass is 10.2. The average molecular weight is 326 g/mol. The lowest BCUT2D eigenvalue weighted by Gasteiger charge is -2.07. The summed E-state index contributed by atoms with van der Waals surface area (Å²) < 4.78 is 6.05. The molecular formula is C16H14N4O4.